The van der Waals surface area contributed by atoms with E-state index in [-0.39, 0.29) is 0 Å². The SMILES string of the molecule is Cc1cccc(C(=O)Oc2ccc(/C=N/NC(=O)c3ccc(F)cc3)cc2)c1. The molecule has 0 fully saturated rings. The minimum atomic E-state index is -0.444. The van der Waals surface area contributed by atoms with Crippen LogP contribution in [0.5, 0.6) is 5.75 Å². The van der Waals surface area contributed by atoms with Crippen LogP contribution in [-0.4, -0.2) is 18.1 Å². The van der Waals surface area contributed by atoms with Crippen molar-refractivity contribution in [1.29, 1.82) is 0 Å². The fourth-order valence-electron chi connectivity index (χ4n) is 2.39. The van der Waals surface area contributed by atoms with Gasteiger partial charge in [0.25, 0.3) is 5.91 Å². The first kappa shape index (κ1) is 19.0. The van der Waals surface area contributed by atoms with Gasteiger partial charge >= 0.3 is 5.97 Å². The number of carbonyl (C=O) groups excluding carboxylic acids is 2. The number of ether oxygens (including phenoxy) is 1. The van der Waals surface area contributed by atoms with Gasteiger partial charge in [0.2, 0.25) is 0 Å². The average molecular weight is 376 g/mol. The Balaban J connectivity index is 1.56. The van der Waals surface area contributed by atoms with Crippen LogP contribution in [0.15, 0.2) is 77.9 Å². The fourth-order valence-corrected chi connectivity index (χ4v) is 2.39. The van der Waals surface area contributed by atoms with E-state index in [0.29, 0.717) is 22.4 Å². The predicted octanol–water partition coefficient (Wildman–Crippen LogP) is 4.12. The summed E-state index contributed by atoms with van der Waals surface area (Å²) in [4.78, 5) is 24.0. The number of rotatable bonds is 5. The lowest BCUT2D eigenvalue weighted by Gasteiger charge is -2.05. The summed E-state index contributed by atoms with van der Waals surface area (Å²) in [5.41, 5.74) is 4.83. The van der Waals surface area contributed by atoms with Crippen molar-refractivity contribution < 1.29 is 18.7 Å². The Labute approximate surface area is 161 Å². The molecule has 0 radical (unpaired) electrons. The molecule has 0 aliphatic heterocycles. The van der Waals surface area contributed by atoms with Crippen LogP contribution >= 0.6 is 0 Å². The van der Waals surface area contributed by atoms with Gasteiger partial charge in [-0.2, -0.15) is 5.10 Å². The van der Waals surface area contributed by atoms with Crippen molar-refractivity contribution in [3.8, 4) is 5.75 Å². The van der Waals surface area contributed by atoms with Crippen molar-refractivity contribution in [2.45, 2.75) is 6.92 Å². The van der Waals surface area contributed by atoms with Crippen LogP contribution in [-0.2, 0) is 0 Å². The zero-order valence-electron chi connectivity index (χ0n) is 15.1. The summed E-state index contributed by atoms with van der Waals surface area (Å²) in [5, 5.41) is 3.86. The van der Waals surface area contributed by atoms with Crippen LogP contribution in [0, 0.1) is 12.7 Å². The molecule has 0 spiro atoms. The van der Waals surface area contributed by atoms with Crippen molar-refractivity contribution in [3.63, 3.8) is 0 Å². The molecule has 3 aromatic carbocycles. The van der Waals surface area contributed by atoms with Crippen LogP contribution < -0.4 is 10.2 Å². The molecule has 1 N–H and O–H groups in total. The highest BCUT2D eigenvalue weighted by atomic mass is 19.1. The second kappa shape index (κ2) is 8.73. The highest BCUT2D eigenvalue weighted by Crippen LogP contribution is 2.14. The van der Waals surface area contributed by atoms with E-state index in [4.69, 9.17) is 4.74 Å². The number of benzene rings is 3. The van der Waals surface area contributed by atoms with Crippen LogP contribution in [0.4, 0.5) is 4.39 Å². The number of aryl methyl sites for hydroxylation is 1. The van der Waals surface area contributed by atoms with Crippen molar-refractivity contribution in [2.75, 3.05) is 0 Å². The summed E-state index contributed by atoms with van der Waals surface area (Å²) in [7, 11) is 0. The number of nitrogens with one attached hydrogen (secondary N) is 1. The van der Waals surface area contributed by atoms with Crippen molar-refractivity contribution in [3.05, 3.63) is 101 Å². The van der Waals surface area contributed by atoms with Gasteiger partial charge in [-0.25, -0.2) is 14.6 Å². The number of hydrogen-bond acceptors (Lipinski definition) is 4. The minimum Gasteiger partial charge on any atom is -0.423 e. The Bertz CT molecular complexity index is 1010. The molecule has 3 aromatic rings. The maximum Gasteiger partial charge on any atom is 0.343 e. The summed E-state index contributed by atoms with van der Waals surface area (Å²) >= 11 is 0. The molecule has 0 aliphatic carbocycles. The molecule has 0 aromatic heterocycles. The molecule has 0 heterocycles. The van der Waals surface area contributed by atoms with E-state index in [1.165, 1.54) is 30.5 Å². The first-order valence-corrected chi connectivity index (χ1v) is 8.49. The van der Waals surface area contributed by atoms with Crippen LogP contribution in [0.3, 0.4) is 0 Å². The van der Waals surface area contributed by atoms with Gasteiger partial charge in [-0.05, 0) is 73.2 Å². The second-order valence-corrected chi connectivity index (χ2v) is 6.03. The Morgan fingerprint density at radius 2 is 1.68 bits per heavy atom. The molecule has 0 aliphatic rings. The molecule has 3 rings (SSSR count). The highest BCUT2D eigenvalue weighted by molar-refractivity contribution is 5.95. The highest BCUT2D eigenvalue weighted by Gasteiger charge is 2.08. The van der Waals surface area contributed by atoms with E-state index in [1.807, 2.05) is 13.0 Å². The molecule has 1 amide bonds. The third kappa shape index (κ3) is 5.11. The lowest BCUT2D eigenvalue weighted by molar-refractivity contribution is 0.0734. The number of hydrazone groups is 1. The fraction of sp³-hybridized carbons (Fsp3) is 0.0455. The molecule has 0 unspecified atom stereocenters. The number of halogens is 1. The minimum absolute atomic E-state index is 0.303. The summed E-state index contributed by atoms with van der Waals surface area (Å²) < 4.78 is 18.2. The van der Waals surface area contributed by atoms with Gasteiger partial charge in [0, 0.05) is 5.56 Å². The Morgan fingerprint density at radius 1 is 0.964 bits per heavy atom. The molecule has 0 saturated heterocycles. The van der Waals surface area contributed by atoms with E-state index in [2.05, 4.69) is 10.5 Å². The number of amides is 1. The molecule has 5 nitrogen and oxygen atoms in total. The Hall–Kier alpha value is -3.80. The first-order valence-electron chi connectivity index (χ1n) is 8.49. The molecule has 0 bridgehead atoms. The van der Waals surface area contributed by atoms with Gasteiger partial charge < -0.3 is 4.74 Å². The van der Waals surface area contributed by atoms with E-state index in [9.17, 15) is 14.0 Å². The number of carbonyl (C=O) groups is 2. The first-order chi connectivity index (χ1) is 13.5. The molecule has 0 atom stereocenters. The number of nitrogens with zero attached hydrogens (tertiary/aromatic N) is 1. The molecular weight excluding hydrogens is 359 g/mol. The Morgan fingerprint density at radius 3 is 2.36 bits per heavy atom. The zero-order valence-corrected chi connectivity index (χ0v) is 15.1. The molecule has 6 heteroatoms. The largest absolute Gasteiger partial charge is 0.423 e. The lowest BCUT2D eigenvalue weighted by Crippen LogP contribution is -2.17. The number of hydrogen-bond donors (Lipinski definition) is 1. The third-order valence-corrected chi connectivity index (χ3v) is 3.83. The molecule has 28 heavy (non-hydrogen) atoms. The summed E-state index contributed by atoms with van der Waals surface area (Å²) in [6.45, 7) is 1.90. The van der Waals surface area contributed by atoms with Gasteiger partial charge in [0.1, 0.15) is 11.6 Å². The smallest absolute Gasteiger partial charge is 0.343 e. The van der Waals surface area contributed by atoms with E-state index in [1.54, 1.807) is 42.5 Å². The van der Waals surface area contributed by atoms with Crippen LogP contribution in [0.2, 0.25) is 0 Å². The summed E-state index contributed by atoms with van der Waals surface area (Å²) in [6.07, 6.45) is 1.45. The number of esters is 1. The maximum atomic E-state index is 12.9. The van der Waals surface area contributed by atoms with Crippen molar-refractivity contribution in [1.82, 2.24) is 5.43 Å². The van der Waals surface area contributed by atoms with Crippen molar-refractivity contribution >= 4 is 18.1 Å². The van der Waals surface area contributed by atoms with E-state index >= 15 is 0 Å². The van der Waals surface area contributed by atoms with Gasteiger partial charge in [-0.1, -0.05) is 17.7 Å². The zero-order chi connectivity index (χ0) is 19.9. The summed E-state index contributed by atoms with van der Waals surface area (Å²) in [6, 6.07) is 19.0. The molecule has 0 saturated carbocycles. The lowest BCUT2D eigenvalue weighted by atomic mass is 10.1. The van der Waals surface area contributed by atoms with Crippen LogP contribution in [0.1, 0.15) is 31.8 Å². The average Bonchev–Trinajstić information content (AvgIpc) is 2.69. The van der Waals surface area contributed by atoms with Gasteiger partial charge in [0.05, 0.1) is 11.8 Å². The van der Waals surface area contributed by atoms with Crippen LogP contribution in [0.25, 0.3) is 0 Å². The van der Waals surface area contributed by atoms with Gasteiger partial charge in [0.15, 0.2) is 0 Å². The standard InChI is InChI=1S/C22H17FN2O3/c1-15-3-2-4-18(13-15)22(27)28-20-11-5-16(6-12-20)14-24-25-21(26)17-7-9-19(23)10-8-17/h2-14H,1H3,(H,25,26)/b24-14+. The molecule has 140 valence electrons. The molecular formula is C22H17FN2O3. The quantitative estimate of drug-likeness (QED) is 0.315. The maximum absolute atomic E-state index is 12.9. The van der Waals surface area contributed by atoms with Gasteiger partial charge in [-0.3, -0.25) is 4.79 Å². The van der Waals surface area contributed by atoms with E-state index < -0.39 is 17.7 Å². The second-order valence-electron chi connectivity index (χ2n) is 6.03. The van der Waals surface area contributed by atoms with Crippen molar-refractivity contribution in [2.24, 2.45) is 5.10 Å². The van der Waals surface area contributed by atoms with Gasteiger partial charge in [-0.15, -0.1) is 0 Å². The topological polar surface area (TPSA) is 67.8 Å². The summed E-state index contributed by atoms with van der Waals surface area (Å²) in [5.74, 6) is -0.890. The Kier molecular flexibility index (Phi) is 5.91. The normalized spacial score (nSPS) is 10.6. The predicted molar refractivity (Wildman–Crippen MR) is 104 cm³/mol. The monoisotopic (exact) mass is 376 g/mol. The van der Waals surface area contributed by atoms with E-state index in [0.717, 1.165) is 5.56 Å². The third-order valence-electron chi connectivity index (χ3n) is 3.83.